The van der Waals surface area contributed by atoms with Gasteiger partial charge in [0.1, 0.15) is 5.54 Å². The molecule has 0 unspecified atom stereocenters. The predicted molar refractivity (Wildman–Crippen MR) is 112 cm³/mol. The van der Waals surface area contributed by atoms with Gasteiger partial charge in [-0.15, -0.1) is 0 Å². The molecule has 1 saturated carbocycles. The molecule has 0 bridgehead atoms. The molecule has 2 fully saturated rings. The molecule has 0 radical (unpaired) electrons. The first-order valence-corrected chi connectivity index (χ1v) is 9.62. The van der Waals surface area contributed by atoms with Gasteiger partial charge in [-0.1, -0.05) is 36.6 Å². The van der Waals surface area contributed by atoms with Crippen LogP contribution in [0.25, 0.3) is 4.85 Å². The van der Waals surface area contributed by atoms with Gasteiger partial charge in [-0.25, -0.2) is 4.85 Å². The molecule has 0 atom stereocenters. The Kier molecular flexibility index (Phi) is 4.24. The van der Waals surface area contributed by atoms with Crippen molar-refractivity contribution >= 4 is 40.3 Å². The van der Waals surface area contributed by atoms with Crippen molar-refractivity contribution in [2.24, 2.45) is 0 Å². The van der Waals surface area contributed by atoms with Crippen LogP contribution in [0.1, 0.15) is 36.8 Å². The van der Waals surface area contributed by atoms with Crippen LogP contribution in [-0.4, -0.2) is 16.6 Å². The number of amides is 1. The molecule has 136 valence electrons. The first kappa shape index (κ1) is 17.7. The molecule has 0 N–H and O–H groups in total. The molecule has 1 heterocycles. The van der Waals surface area contributed by atoms with Gasteiger partial charge in [0.2, 0.25) is 0 Å². The molecule has 1 amide bonds. The van der Waals surface area contributed by atoms with E-state index in [4.69, 9.17) is 18.8 Å². The van der Waals surface area contributed by atoms with Crippen LogP contribution in [0.5, 0.6) is 0 Å². The molecule has 4 rings (SSSR count). The molecule has 5 heteroatoms. The highest BCUT2D eigenvalue weighted by molar-refractivity contribution is 7.81. The molecular formula is C22H21N3OS. The Morgan fingerprint density at radius 3 is 2.26 bits per heavy atom. The molecule has 1 aliphatic heterocycles. The fourth-order valence-corrected chi connectivity index (χ4v) is 4.72. The third kappa shape index (κ3) is 2.64. The van der Waals surface area contributed by atoms with E-state index in [1.807, 2.05) is 31.2 Å². The van der Waals surface area contributed by atoms with Crippen LogP contribution in [0.3, 0.4) is 0 Å². The van der Waals surface area contributed by atoms with Crippen molar-refractivity contribution < 1.29 is 4.79 Å². The summed E-state index contributed by atoms with van der Waals surface area (Å²) in [5.41, 5.74) is 3.76. The second-order valence-electron chi connectivity index (χ2n) is 7.42. The topological polar surface area (TPSA) is 27.9 Å². The lowest BCUT2D eigenvalue weighted by Crippen LogP contribution is -2.47. The summed E-state index contributed by atoms with van der Waals surface area (Å²) in [5, 5.41) is 0.528. The molecule has 2 aromatic rings. The molecular weight excluding hydrogens is 354 g/mol. The molecule has 2 aromatic carbocycles. The van der Waals surface area contributed by atoms with Gasteiger partial charge in [-0.3, -0.25) is 9.69 Å². The summed E-state index contributed by atoms with van der Waals surface area (Å²) in [5.74, 6) is 0.0561. The number of carbonyl (C=O) groups excluding carboxylic acids is 1. The van der Waals surface area contributed by atoms with E-state index in [1.54, 1.807) is 11.0 Å². The number of rotatable bonds is 2. The summed E-state index contributed by atoms with van der Waals surface area (Å²) in [6, 6.07) is 13.7. The van der Waals surface area contributed by atoms with Crippen LogP contribution in [0.4, 0.5) is 17.1 Å². The van der Waals surface area contributed by atoms with E-state index in [0.717, 1.165) is 42.6 Å². The third-order valence-electron chi connectivity index (χ3n) is 5.69. The Labute approximate surface area is 165 Å². The van der Waals surface area contributed by atoms with Crippen molar-refractivity contribution in [1.29, 1.82) is 0 Å². The number of hydrogen-bond donors (Lipinski definition) is 0. The quantitative estimate of drug-likeness (QED) is 0.526. The van der Waals surface area contributed by atoms with Gasteiger partial charge in [0.15, 0.2) is 10.8 Å². The summed E-state index contributed by atoms with van der Waals surface area (Å²) in [6.07, 6.45) is 3.69. The maximum absolute atomic E-state index is 13.6. The first-order valence-electron chi connectivity index (χ1n) is 9.21. The minimum atomic E-state index is -0.585. The molecule has 0 aromatic heterocycles. The maximum Gasteiger partial charge on any atom is 0.259 e. The number of carbonyl (C=O) groups is 1. The van der Waals surface area contributed by atoms with Crippen LogP contribution >= 0.6 is 12.2 Å². The Bertz CT molecular complexity index is 968. The van der Waals surface area contributed by atoms with Gasteiger partial charge in [0, 0.05) is 11.4 Å². The minimum absolute atomic E-state index is 0.0561. The summed E-state index contributed by atoms with van der Waals surface area (Å²) in [6.45, 7) is 11.2. The lowest BCUT2D eigenvalue weighted by molar-refractivity contribution is -0.121. The zero-order valence-electron chi connectivity index (χ0n) is 15.5. The van der Waals surface area contributed by atoms with E-state index in [2.05, 4.69) is 28.8 Å². The van der Waals surface area contributed by atoms with E-state index in [9.17, 15) is 4.79 Å². The van der Waals surface area contributed by atoms with Gasteiger partial charge in [-0.05, 0) is 68.7 Å². The molecule has 2 aliphatic rings. The highest BCUT2D eigenvalue weighted by atomic mass is 32.1. The number of benzene rings is 2. The lowest BCUT2D eigenvalue weighted by atomic mass is 9.94. The second-order valence-corrected chi connectivity index (χ2v) is 7.78. The second kappa shape index (κ2) is 6.47. The highest BCUT2D eigenvalue weighted by Gasteiger charge is 2.57. The van der Waals surface area contributed by atoms with E-state index < -0.39 is 5.54 Å². The summed E-state index contributed by atoms with van der Waals surface area (Å²) in [4.78, 5) is 20.8. The van der Waals surface area contributed by atoms with Crippen molar-refractivity contribution in [3.8, 4) is 0 Å². The summed E-state index contributed by atoms with van der Waals surface area (Å²) in [7, 11) is 0. The Morgan fingerprint density at radius 2 is 1.67 bits per heavy atom. The van der Waals surface area contributed by atoms with E-state index in [0.29, 0.717) is 10.8 Å². The van der Waals surface area contributed by atoms with E-state index in [1.165, 1.54) is 5.56 Å². The maximum atomic E-state index is 13.6. The summed E-state index contributed by atoms with van der Waals surface area (Å²) < 4.78 is 0. The Balaban J connectivity index is 1.82. The van der Waals surface area contributed by atoms with Crippen molar-refractivity contribution in [3.05, 3.63) is 65.0 Å². The van der Waals surface area contributed by atoms with Crippen LogP contribution in [0.2, 0.25) is 0 Å². The molecule has 1 spiro atoms. The highest BCUT2D eigenvalue weighted by Crippen LogP contribution is 2.46. The summed E-state index contributed by atoms with van der Waals surface area (Å²) >= 11 is 5.82. The standard InChI is InChI=1S/C22H21N3OS/c1-15-6-8-17(9-7-15)25-21(27)24(20(26)22(25)12-4-5-13-22)18-10-11-19(23-3)16(2)14-18/h6-11,14H,4-5,12-13H2,1-2H3. The number of anilines is 2. The van der Waals surface area contributed by atoms with Crippen LogP contribution in [0, 0.1) is 20.4 Å². The zero-order chi connectivity index (χ0) is 19.2. The van der Waals surface area contributed by atoms with Crippen LogP contribution in [-0.2, 0) is 4.79 Å². The molecule has 1 aliphatic carbocycles. The average Bonchev–Trinajstić information content (AvgIpc) is 3.21. The monoisotopic (exact) mass is 375 g/mol. The normalized spacial score (nSPS) is 18.4. The average molecular weight is 375 g/mol. The fourth-order valence-electron chi connectivity index (χ4n) is 4.25. The lowest BCUT2D eigenvalue weighted by Gasteiger charge is -2.32. The Hall–Kier alpha value is -2.71. The van der Waals surface area contributed by atoms with Gasteiger partial charge >= 0.3 is 0 Å². The van der Waals surface area contributed by atoms with E-state index in [-0.39, 0.29) is 5.91 Å². The molecule has 27 heavy (non-hydrogen) atoms. The van der Waals surface area contributed by atoms with Crippen molar-refractivity contribution in [2.45, 2.75) is 45.1 Å². The molecule has 1 saturated heterocycles. The Morgan fingerprint density at radius 1 is 1.04 bits per heavy atom. The van der Waals surface area contributed by atoms with Crippen LogP contribution in [0.15, 0.2) is 42.5 Å². The largest absolute Gasteiger partial charge is 0.303 e. The fraction of sp³-hybridized carbons (Fsp3) is 0.318. The van der Waals surface area contributed by atoms with Crippen molar-refractivity contribution in [2.75, 3.05) is 9.80 Å². The van der Waals surface area contributed by atoms with Crippen molar-refractivity contribution in [3.63, 3.8) is 0 Å². The van der Waals surface area contributed by atoms with Gasteiger partial charge in [0.25, 0.3) is 5.91 Å². The van der Waals surface area contributed by atoms with Crippen LogP contribution < -0.4 is 9.80 Å². The number of nitrogens with zero attached hydrogens (tertiary/aromatic N) is 3. The number of hydrogen-bond acceptors (Lipinski definition) is 2. The molecule has 4 nitrogen and oxygen atoms in total. The minimum Gasteiger partial charge on any atom is -0.303 e. The van der Waals surface area contributed by atoms with Crippen molar-refractivity contribution in [1.82, 2.24) is 0 Å². The first-order chi connectivity index (χ1) is 13.0. The smallest absolute Gasteiger partial charge is 0.259 e. The van der Waals surface area contributed by atoms with Gasteiger partial charge in [-0.2, -0.15) is 0 Å². The zero-order valence-corrected chi connectivity index (χ0v) is 16.3. The predicted octanol–water partition coefficient (Wildman–Crippen LogP) is 5.31. The SMILES string of the molecule is [C-]#[N+]c1ccc(N2C(=O)C3(CCCC3)N(c3ccc(C)cc3)C2=S)cc1C. The van der Waals surface area contributed by atoms with Gasteiger partial charge in [0.05, 0.1) is 6.57 Å². The number of aryl methyl sites for hydroxylation is 2. The third-order valence-corrected chi connectivity index (χ3v) is 6.06. The van der Waals surface area contributed by atoms with E-state index >= 15 is 0 Å². The number of thiocarbonyl (C=S) groups is 1. The van der Waals surface area contributed by atoms with Gasteiger partial charge < -0.3 is 4.90 Å².